The maximum atomic E-state index is 10.3. The van der Waals surface area contributed by atoms with Crippen LogP contribution in [0.15, 0.2) is 0 Å². The average molecular weight is 192 g/mol. The van der Waals surface area contributed by atoms with Gasteiger partial charge in [-0.25, -0.2) is 0 Å². The summed E-state index contributed by atoms with van der Waals surface area (Å²) in [6.45, 7) is 3.80. The minimum atomic E-state index is -4.29. The molecule has 1 fully saturated rings. The Morgan fingerprint density at radius 2 is 1.75 bits per heavy atom. The second-order valence-corrected chi connectivity index (χ2v) is 4.60. The number of hydrogen-bond acceptors (Lipinski definition) is 5. The largest absolute Gasteiger partial charge is 0.688 e. The van der Waals surface area contributed by atoms with Crippen LogP contribution in [0.4, 0.5) is 0 Å². The van der Waals surface area contributed by atoms with Crippen LogP contribution in [-0.2, 0) is 0 Å². The molecule has 0 saturated carbocycles. The van der Waals surface area contributed by atoms with Crippen LogP contribution in [0.25, 0.3) is 0 Å². The standard InChI is InChI=1S/C6H15N2O3P/c9-12(10,11)6-5-8-3-1-7-2-4-8/h7H,1-6H2,(H2,9,10,11)/p-2. The molecule has 1 rings (SSSR count). The van der Waals surface area contributed by atoms with Gasteiger partial charge < -0.3 is 20.0 Å². The van der Waals surface area contributed by atoms with Crippen molar-refractivity contribution in [3.63, 3.8) is 0 Å². The number of hydrogen-bond donors (Lipinski definition) is 1. The van der Waals surface area contributed by atoms with Crippen molar-refractivity contribution in [1.29, 1.82) is 0 Å². The highest BCUT2D eigenvalue weighted by molar-refractivity contribution is 7.54. The average Bonchev–Trinajstić information content (AvgIpc) is 2.02. The number of nitrogens with one attached hydrogen (secondary N) is 1. The highest BCUT2D eigenvalue weighted by atomic mass is 31.2. The van der Waals surface area contributed by atoms with E-state index in [2.05, 4.69) is 5.32 Å². The van der Waals surface area contributed by atoms with E-state index in [1.54, 1.807) is 0 Å². The molecule has 0 spiro atoms. The highest BCUT2D eigenvalue weighted by Crippen LogP contribution is 2.26. The lowest BCUT2D eigenvalue weighted by Gasteiger charge is -2.43. The van der Waals surface area contributed by atoms with Crippen LogP contribution in [0.2, 0.25) is 0 Å². The Bertz CT molecular complexity index is 133. The van der Waals surface area contributed by atoms with Crippen molar-refractivity contribution in [2.45, 2.75) is 0 Å². The zero-order chi connectivity index (χ0) is 9.03. The summed E-state index contributed by atoms with van der Waals surface area (Å²) in [6.07, 6.45) is -0.243. The lowest BCUT2D eigenvalue weighted by atomic mass is 10.4. The summed E-state index contributed by atoms with van der Waals surface area (Å²) in [6, 6.07) is 0. The topological polar surface area (TPSA) is 84.4 Å². The maximum absolute atomic E-state index is 10.3. The first-order valence-corrected chi connectivity index (χ1v) is 5.75. The molecule has 0 aliphatic carbocycles. The summed E-state index contributed by atoms with van der Waals surface area (Å²) in [4.78, 5) is 32.9. The first-order valence-electron chi connectivity index (χ1n) is 4.02. The zero-order valence-electron chi connectivity index (χ0n) is 6.86. The Morgan fingerprint density at radius 1 is 1.17 bits per heavy atom. The molecule has 5 nitrogen and oxygen atoms in total. The van der Waals surface area contributed by atoms with E-state index < -0.39 is 7.94 Å². The summed E-state index contributed by atoms with van der Waals surface area (Å²) in [5, 5.41) is 3.14. The first-order chi connectivity index (χ1) is 5.58. The van der Waals surface area contributed by atoms with Crippen molar-refractivity contribution in [3.05, 3.63) is 0 Å². The Balaban J connectivity index is 2.13. The molecule has 1 aliphatic rings. The van der Waals surface area contributed by atoms with Crippen molar-refractivity contribution in [3.8, 4) is 0 Å². The minimum Gasteiger partial charge on any atom is -0.688 e. The lowest BCUT2D eigenvalue weighted by Crippen LogP contribution is -2.46. The second kappa shape index (κ2) is 4.46. The third-order valence-corrected chi connectivity index (χ3v) is 2.65. The van der Waals surface area contributed by atoms with E-state index in [-0.39, 0.29) is 6.16 Å². The van der Waals surface area contributed by atoms with E-state index >= 15 is 0 Å². The van der Waals surface area contributed by atoms with Gasteiger partial charge in [-0.1, -0.05) is 0 Å². The Hall–Kier alpha value is 0.230. The normalized spacial score (nSPS) is 21.2. The van der Waals surface area contributed by atoms with Gasteiger partial charge in [0, 0.05) is 32.7 Å². The SMILES string of the molecule is [O-][P+]([O-])([O-])CCN1CCNCC1. The molecule has 1 N–H and O–H groups in total. The van der Waals surface area contributed by atoms with E-state index in [4.69, 9.17) is 0 Å². The molecule has 1 saturated heterocycles. The van der Waals surface area contributed by atoms with Crippen LogP contribution >= 0.6 is 7.94 Å². The molecular formula is C6H13N2O3P-2. The van der Waals surface area contributed by atoms with E-state index in [9.17, 15) is 14.7 Å². The second-order valence-electron chi connectivity index (χ2n) is 2.93. The van der Waals surface area contributed by atoms with Crippen LogP contribution in [-0.4, -0.2) is 43.8 Å². The highest BCUT2D eigenvalue weighted by Gasteiger charge is 2.10. The molecule has 0 aromatic carbocycles. The molecule has 0 amide bonds. The van der Waals surface area contributed by atoms with E-state index in [0.29, 0.717) is 6.54 Å². The predicted octanol–water partition coefficient (Wildman–Crippen LogP) is -3.26. The Labute approximate surface area is 72.6 Å². The molecule has 0 atom stereocenters. The molecule has 1 heterocycles. The maximum Gasteiger partial charge on any atom is 0.0552 e. The van der Waals surface area contributed by atoms with E-state index in [0.717, 1.165) is 26.2 Å². The van der Waals surface area contributed by atoms with Crippen molar-refractivity contribution in [2.24, 2.45) is 0 Å². The van der Waals surface area contributed by atoms with Crippen LogP contribution in [0, 0.1) is 0 Å². The molecule has 6 heteroatoms. The van der Waals surface area contributed by atoms with E-state index in [1.807, 2.05) is 4.90 Å². The van der Waals surface area contributed by atoms with Crippen molar-refractivity contribution < 1.29 is 14.7 Å². The third-order valence-electron chi connectivity index (χ3n) is 1.90. The molecular weight excluding hydrogens is 179 g/mol. The summed E-state index contributed by atoms with van der Waals surface area (Å²) in [5.74, 6) is 0. The van der Waals surface area contributed by atoms with Crippen molar-refractivity contribution in [1.82, 2.24) is 10.2 Å². The lowest BCUT2D eigenvalue weighted by molar-refractivity contribution is -0.427. The summed E-state index contributed by atoms with van der Waals surface area (Å²) < 4.78 is 0. The number of nitrogens with zero attached hydrogens (tertiary/aromatic N) is 1. The fraction of sp³-hybridized carbons (Fsp3) is 1.00. The van der Waals surface area contributed by atoms with Gasteiger partial charge in [-0.3, -0.25) is 4.90 Å². The van der Waals surface area contributed by atoms with Crippen LogP contribution in [0.5, 0.6) is 0 Å². The molecule has 0 bridgehead atoms. The molecule has 0 radical (unpaired) electrons. The van der Waals surface area contributed by atoms with Crippen molar-refractivity contribution in [2.75, 3.05) is 38.9 Å². The van der Waals surface area contributed by atoms with Crippen LogP contribution in [0.3, 0.4) is 0 Å². The van der Waals surface area contributed by atoms with Gasteiger partial charge in [0.15, 0.2) is 0 Å². The van der Waals surface area contributed by atoms with Gasteiger partial charge in [0.25, 0.3) is 0 Å². The van der Waals surface area contributed by atoms with Crippen LogP contribution in [0.1, 0.15) is 0 Å². The van der Waals surface area contributed by atoms with Gasteiger partial charge >= 0.3 is 0 Å². The van der Waals surface area contributed by atoms with Gasteiger partial charge in [-0.2, -0.15) is 7.94 Å². The Kier molecular flexibility index (Phi) is 3.83. The summed E-state index contributed by atoms with van der Waals surface area (Å²) in [5.41, 5.74) is 0. The molecule has 72 valence electrons. The quantitative estimate of drug-likeness (QED) is 0.474. The van der Waals surface area contributed by atoms with Gasteiger partial charge in [-0.05, 0) is 0 Å². The minimum absolute atomic E-state index is 0.243. The number of rotatable bonds is 3. The summed E-state index contributed by atoms with van der Waals surface area (Å²) in [7, 11) is -4.29. The Morgan fingerprint density at radius 3 is 2.25 bits per heavy atom. The molecule has 0 unspecified atom stereocenters. The van der Waals surface area contributed by atoms with Gasteiger partial charge in [0.05, 0.1) is 6.16 Å². The molecule has 0 aromatic heterocycles. The zero-order valence-corrected chi connectivity index (χ0v) is 7.76. The van der Waals surface area contributed by atoms with Gasteiger partial charge in [0.2, 0.25) is 0 Å². The smallest absolute Gasteiger partial charge is 0.0552 e. The fourth-order valence-electron chi connectivity index (χ4n) is 1.20. The predicted molar refractivity (Wildman–Crippen MR) is 41.1 cm³/mol. The first kappa shape index (κ1) is 10.3. The van der Waals surface area contributed by atoms with E-state index in [1.165, 1.54) is 0 Å². The molecule has 1 aliphatic heterocycles. The third kappa shape index (κ3) is 4.30. The fourth-order valence-corrected chi connectivity index (χ4v) is 1.73. The monoisotopic (exact) mass is 192 g/mol. The number of piperazine rings is 1. The molecule has 12 heavy (non-hydrogen) atoms. The molecule has 0 aromatic rings. The van der Waals surface area contributed by atoms with Gasteiger partial charge in [0.1, 0.15) is 0 Å². The summed E-state index contributed by atoms with van der Waals surface area (Å²) >= 11 is 0. The van der Waals surface area contributed by atoms with Crippen molar-refractivity contribution >= 4 is 7.94 Å². The van der Waals surface area contributed by atoms with Crippen LogP contribution < -0.4 is 20.0 Å². The van der Waals surface area contributed by atoms with Gasteiger partial charge in [-0.15, -0.1) is 0 Å².